The van der Waals surface area contributed by atoms with Gasteiger partial charge in [-0.1, -0.05) is 30.1 Å². The van der Waals surface area contributed by atoms with Crippen molar-refractivity contribution in [2.45, 2.75) is 57.3 Å². The Hall–Kier alpha value is -2.26. The largest absolute Gasteiger partial charge is 0.342 e. The van der Waals surface area contributed by atoms with Gasteiger partial charge >= 0.3 is 0 Å². The van der Waals surface area contributed by atoms with Crippen LogP contribution >= 0.6 is 0 Å². The van der Waals surface area contributed by atoms with Gasteiger partial charge in [-0.25, -0.2) is 8.42 Å². The van der Waals surface area contributed by atoms with Gasteiger partial charge in [0, 0.05) is 44.6 Å². The summed E-state index contributed by atoms with van der Waals surface area (Å²) in [7, 11) is -3.67. The molecule has 0 aliphatic carbocycles. The van der Waals surface area contributed by atoms with Gasteiger partial charge in [-0.05, 0) is 44.2 Å². The normalized spacial score (nSPS) is 19.4. The van der Waals surface area contributed by atoms with Crippen molar-refractivity contribution in [1.29, 1.82) is 0 Å². The second kappa shape index (κ2) is 9.08. The third-order valence-corrected chi connectivity index (χ3v) is 8.35. The minimum Gasteiger partial charge on any atom is -0.342 e. The Morgan fingerprint density at radius 2 is 1.71 bits per heavy atom. The molecule has 0 atom stereocenters. The van der Waals surface area contributed by atoms with E-state index in [0.29, 0.717) is 48.8 Å². The molecule has 1 aromatic carbocycles. The van der Waals surface area contributed by atoms with E-state index in [1.807, 2.05) is 4.90 Å². The maximum Gasteiger partial charge on any atom is 0.243 e. The monoisotopic (exact) mass is 446 g/mol. The molecule has 9 heteroatoms. The van der Waals surface area contributed by atoms with Crippen molar-refractivity contribution in [3.8, 4) is 11.4 Å². The van der Waals surface area contributed by atoms with Crippen LogP contribution < -0.4 is 0 Å². The molecule has 0 radical (unpaired) electrons. The summed E-state index contributed by atoms with van der Waals surface area (Å²) in [6.45, 7) is 5.86. The lowest BCUT2D eigenvalue weighted by atomic mass is 9.96. The first kappa shape index (κ1) is 22.0. The highest BCUT2D eigenvalue weighted by molar-refractivity contribution is 7.89. The molecule has 8 nitrogen and oxygen atoms in total. The van der Waals surface area contributed by atoms with E-state index in [1.54, 1.807) is 32.0 Å². The van der Waals surface area contributed by atoms with Crippen molar-refractivity contribution in [1.82, 2.24) is 19.3 Å². The highest BCUT2D eigenvalue weighted by Crippen LogP contribution is 2.29. The number of amides is 1. The molecule has 2 aromatic rings. The standard InChI is InChI=1S/C22H30N4O4S/c1-16-7-8-19(21-23-17(2)30-24-21)15-20(16)31(28,29)26-13-9-18(10-14-26)22(27)25-11-5-3-4-6-12-25/h7-8,15,18H,3-6,9-14H2,1-2H3. The van der Waals surface area contributed by atoms with Gasteiger partial charge in [-0.3, -0.25) is 4.79 Å². The van der Waals surface area contributed by atoms with Crippen LogP contribution in [0.4, 0.5) is 0 Å². The molecule has 3 heterocycles. The van der Waals surface area contributed by atoms with Crippen LogP contribution in [-0.2, 0) is 14.8 Å². The maximum absolute atomic E-state index is 13.4. The van der Waals surface area contributed by atoms with Gasteiger partial charge in [-0.15, -0.1) is 0 Å². The second-order valence-electron chi connectivity index (χ2n) is 8.54. The average Bonchev–Trinajstić information content (AvgIpc) is 3.03. The first-order chi connectivity index (χ1) is 14.9. The molecule has 2 fully saturated rings. The lowest BCUT2D eigenvalue weighted by molar-refractivity contribution is -0.136. The summed E-state index contributed by atoms with van der Waals surface area (Å²) in [6, 6.07) is 5.18. The smallest absolute Gasteiger partial charge is 0.243 e. The zero-order valence-corrected chi connectivity index (χ0v) is 19.0. The Balaban J connectivity index is 1.47. The molecule has 2 aliphatic rings. The van der Waals surface area contributed by atoms with E-state index in [9.17, 15) is 13.2 Å². The lowest BCUT2D eigenvalue weighted by Crippen LogP contribution is -2.44. The number of aromatic nitrogens is 2. The molecule has 0 saturated carbocycles. The van der Waals surface area contributed by atoms with Crippen molar-refractivity contribution in [3.05, 3.63) is 29.7 Å². The number of benzene rings is 1. The van der Waals surface area contributed by atoms with E-state index < -0.39 is 10.0 Å². The summed E-state index contributed by atoms with van der Waals surface area (Å²) in [5, 5.41) is 3.90. The lowest BCUT2D eigenvalue weighted by Gasteiger charge is -2.33. The first-order valence-corrected chi connectivity index (χ1v) is 12.5. The van der Waals surface area contributed by atoms with E-state index in [2.05, 4.69) is 10.1 Å². The van der Waals surface area contributed by atoms with Crippen LogP contribution in [0.5, 0.6) is 0 Å². The first-order valence-electron chi connectivity index (χ1n) is 11.1. The number of carbonyl (C=O) groups is 1. The van der Waals surface area contributed by atoms with Crippen molar-refractivity contribution < 1.29 is 17.7 Å². The molecule has 0 unspecified atom stereocenters. The molecular weight excluding hydrogens is 416 g/mol. The molecule has 0 spiro atoms. The van der Waals surface area contributed by atoms with Crippen LogP contribution in [0.2, 0.25) is 0 Å². The predicted octanol–water partition coefficient (Wildman–Crippen LogP) is 3.16. The topological polar surface area (TPSA) is 96.6 Å². The Morgan fingerprint density at radius 3 is 2.32 bits per heavy atom. The van der Waals surface area contributed by atoms with Gasteiger partial charge in [-0.2, -0.15) is 9.29 Å². The van der Waals surface area contributed by atoms with Gasteiger partial charge < -0.3 is 9.42 Å². The van der Waals surface area contributed by atoms with E-state index >= 15 is 0 Å². The number of piperidine rings is 1. The fourth-order valence-corrected chi connectivity index (χ4v) is 6.19. The van der Waals surface area contributed by atoms with Crippen LogP contribution in [0, 0.1) is 19.8 Å². The minimum absolute atomic E-state index is 0.0840. The highest BCUT2D eigenvalue weighted by atomic mass is 32.2. The number of nitrogens with zero attached hydrogens (tertiary/aromatic N) is 4. The summed E-state index contributed by atoms with van der Waals surface area (Å²) in [6.07, 6.45) is 5.63. The number of sulfonamides is 1. The van der Waals surface area contributed by atoms with Gasteiger partial charge in [0.1, 0.15) is 0 Å². The molecular formula is C22H30N4O4S. The SMILES string of the molecule is Cc1nc(-c2ccc(C)c(S(=O)(=O)N3CCC(C(=O)N4CCCCCC4)CC3)c2)no1. The number of hydrogen-bond acceptors (Lipinski definition) is 6. The minimum atomic E-state index is -3.67. The summed E-state index contributed by atoms with van der Waals surface area (Å²) in [4.78, 5) is 19.4. The summed E-state index contributed by atoms with van der Waals surface area (Å²) in [5.74, 6) is 0.913. The quantitative estimate of drug-likeness (QED) is 0.716. The maximum atomic E-state index is 13.4. The fourth-order valence-electron chi connectivity index (χ4n) is 4.47. The third kappa shape index (κ3) is 4.67. The molecule has 1 aromatic heterocycles. The van der Waals surface area contributed by atoms with Crippen molar-refractivity contribution in [2.24, 2.45) is 5.92 Å². The number of likely N-dealkylation sites (tertiary alicyclic amines) is 1. The van der Waals surface area contributed by atoms with Crippen LogP contribution in [0.25, 0.3) is 11.4 Å². The van der Waals surface area contributed by atoms with Gasteiger partial charge in [0.15, 0.2) is 0 Å². The van der Waals surface area contributed by atoms with Gasteiger partial charge in [0.2, 0.25) is 27.6 Å². The summed E-state index contributed by atoms with van der Waals surface area (Å²) < 4.78 is 33.3. The molecule has 0 N–H and O–H groups in total. The number of aryl methyl sites for hydroxylation is 2. The Labute approximate surface area is 183 Å². The molecule has 2 aliphatic heterocycles. The predicted molar refractivity (Wildman–Crippen MR) is 116 cm³/mol. The van der Waals surface area contributed by atoms with Gasteiger partial charge in [0.25, 0.3) is 0 Å². The van der Waals surface area contributed by atoms with Crippen LogP contribution in [0.3, 0.4) is 0 Å². The van der Waals surface area contributed by atoms with Crippen LogP contribution in [0.1, 0.15) is 50.0 Å². The van der Waals surface area contributed by atoms with Crippen molar-refractivity contribution >= 4 is 15.9 Å². The Bertz CT molecular complexity index is 1030. The Kier molecular flexibility index (Phi) is 6.43. The molecule has 2 saturated heterocycles. The Morgan fingerprint density at radius 1 is 1.03 bits per heavy atom. The highest BCUT2D eigenvalue weighted by Gasteiger charge is 2.34. The summed E-state index contributed by atoms with van der Waals surface area (Å²) in [5.41, 5.74) is 1.28. The fraction of sp³-hybridized carbons (Fsp3) is 0.591. The van der Waals surface area contributed by atoms with Crippen LogP contribution in [-0.4, -0.2) is 59.8 Å². The molecule has 1 amide bonds. The third-order valence-electron chi connectivity index (χ3n) is 6.31. The molecule has 168 valence electrons. The van der Waals surface area contributed by atoms with E-state index in [1.165, 1.54) is 17.1 Å². The van der Waals surface area contributed by atoms with E-state index in [4.69, 9.17) is 4.52 Å². The average molecular weight is 447 g/mol. The molecule has 0 bridgehead atoms. The number of rotatable bonds is 4. The number of hydrogen-bond donors (Lipinski definition) is 0. The van der Waals surface area contributed by atoms with Crippen LogP contribution in [0.15, 0.2) is 27.6 Å². The van der Waals surface area contributed by atoms with E-state index in [-0.39, 0.29) is 16.7 Å². The van der Waals surface area contributed by atoms with E-state index in [0.717, 1.165) is 25.9 Å². The van der Waals surface area contributed by atoms with Gasteiger partial charge in [0.05, 0.1) is 4.90 Å². The van der Waals surface area contributed by atoms with Crippen molar-refractivity contribution in [2.75, 3.05) is 26.2 Å². The van der Waals surface area contributed by atoms with Crippen molar-refractivity contribution in [3.63, 3.8) is 0 Å². The molecule has 31 heavy (non-hydrogen) atoms. The second-order valence-corrected chi connectivity index (χ2v) is 10.4. The summed E-state index contributed by atoms with van der Waals surface area (Å²) >= 11 is 0. The molecule has 4 rings (SSSR count). The number of carbonyl (C=O) groups excluding carboxylic acids is 1. The zero-order valence-electron chi connectivity index (χ0n) is 18.2. The zero-order chi connectivity index (χ0) is 22.0.